The molecule has 106 valence electrons. The van der Waals surface area contributed by atoms with Crippen molar-refractivity contribution >= 4 is 28.3 Å². The van der Waals surface area contributed by atoms with Gasteiger partial charge in [0, 0.05) is 31.4 Å². The first-order valence-corrected chi connectivity index (χ1v) is 6.95. The molecular formula is C16H14ClN3O. The topological polar surface area (TPSA) is 46.9 Å². The van der Waals surface area contributed by atoms with Gasteiger partial charge in [0.1, 0.15) is 10.8 Å². The molecule has 0 fully saturated rings. The van der Waals surface area contributed by atoms with E-state index in [9.17, 15) is 4.79 Å². The summed E-state index contributed by atoms with van der Waals surface area (Å²) in [7, 11) is 1.94. The molecule has 1 amide bonds. The van der Waals surface area contributed by atoms with E-state index < -0.39 is 0 Å². The Balaban J connectivity index is 1.81. The number of rotatable bonds is 3. The van der Waals surface area contributed by atoms with Gasteiger partial charge in [0.25, 0.3) is 5.91 Å². The smallest absolute Gasteiger partial charge is 0.270 e. The van der Waals surface area contributed by atoms with Crippen LogP contribution in [0.2, 0.25) is 5.15 Å². The third-order valence-electron chi connectivity index (χ3n) is 3.27. The molecule has 0 radical (unpaired) electrons. The van der Waals surface area contributed by atoms with Gasteiger partial charge < -0.3 is 9.88 Å². The molecule has 4 nitrogen and oxygen atoms in total. The van der Waals surface area contributed by atoms with Gasteiger partial charge in [-0.25, -0.2) is 4.98 Å². The van der Waals surface area contributed by atoms with E-state index in [-0.39, 0.29) is 5.91 Å². The van der Waals surface area contributed by atoms with Crippen LogP contribution in [0.15, 0.2) is 48.8 Å². The lowest BCUT2D eigenvalue weighted by atomic mass is 10.1. The number of hydrogen-bond acceptors (Lipinski definition) is 2. The van der Waals surface area contributed by atoms with Crippen molar-refractivity contribution in [1.82, 2.24) is 14.9 Å². The lowest BCUT2D eigenvalue weighted by molar-refractivity contribution is 0.0946. The van der Waals surface area contributed by atoms with Gasteiger partial charge in [-0.1, -0.05) is 35.9 Å². The Labute approximate surface area is 127 Å². The van der Waals surface area contributed by atoms with Crippen molar-refractivity contribution in [1.29, 1.82) is 0 Å². The molecule has 0 saturated carbocycles. The van der Waals surface area contributed by atoms with Crippen LogP contribution in [0, 0.1) is 0 Å². The van der Waals surface area contributed by atoms with Crippen molar-refractivity contribution in [2.75, 3.05) is 0 Å². The Morgan fingerprint density at radius 2 is 2.14 bits per heavy atom. The molecule has 0 saturated heterocycles. The molecule has 2 heterocycles. The SMILES string of the molecule is Cn1ccc(CNC(=O)c2cc3ccccc3c(Cl)n2)c1. The minimum Gasteiger partial charge on any atom is -0.357 e. The summed E-state index contributed by atoms with van der Waals surface area (Å²) in [5.41, 5.74) is 1.37. The molecule has 0 aliphatic rings. The van der Waals surface area contributed by atoms with Crippen LogP contribution in [-0.4, -0.2) is 15.5 Å². The fraction of sp³-hybridized carbons (Fsp3) is 0.125. The minimum atomic E-state index is -0.230. The first-order chi connectivity index (χ1) is 10.1. The highest BCUT2D eigenvalue weighted by atomic mass is 35.5. The summed E-state index contributed by atoms with van der Waals surface area (Å²) in [5, 5.41) is 4.94. The van der Waals surface area contributed by atoms with Crippen LogP contribution in [0.5, 0.6) is 0 Å². The monoisotopic (exact) mass is 299 g/mol. The highest BCUT2D eigenvalue weighted by molar-refractivity contribution is 6.34. The normalized spacial score (nSPS) is 10.8. The quantitative estimate of drug-likeness (QED) is 0.755. The second kappa shape index (κ2) is 5.58. The van der Waals surface area contributed by atoms with Gasteiger partial charge in [0.15, 0.2) is 0 Å². The zero-order valence-electron chi connectivity index (χ0n) is 11.5. The highest BCUT2D eigenvalue weighted by Crippen LogP contribution is 2.22. The predicted molar refractivity (Wildman–Crippen MR) is 83.3 cm³/mol. The number of hydrogen-bond donors (Lipinski definition) is 1. The minimum absolute atomic E-state index is 0.230. The zero-order chi connectivity index (χ0) is 14.8. The van der Waals surface area contributed by atoms with E-state index in [0.717, 1.165) is 16.3 Å². The van der Waals surface area contributed by atoms with Crippen LogP contribution in [0.1, 0.15) is 16.1 Å². The predicted octanol–water partition coefficient (Wildman–Crippen LogP) is 3.16. The molecule has 0 unspecified atom stereocenters. The van der Waals surface area contributed by atoms with Crippen molar-refractivity contribution < 1.29 is 4.79 Å². The summed E-state index contributed by atoms with van der Waals surface area (Å²) in [6, 6.07) is 11.3. The van der Waals surface area contributed by atoms with Gasteiger partial charge in [0.05, 0.1) is 0 Å². The maximum Gasteiger partial charge on any atom is 0.270 e. The number of benzene rings is 1. The van der Waals surface area contributed by atoms with E-state index in [4.69, 9.17) is 11.6 Å². The zero-order valence-corrected chi connectivity index (χ0v) is 12.3. The average molecular weight is 300 g/mol. The van der Waals surface area contributed by atoms with Crippen molar-refractivity contribution in [2.45, 2.75) is 6.54 Å². The van der Waals surface area contributed by atoms with E-state index >= 15 is 0 Å². The molecule has 0 atom stereocenters. The van der Waals surface area contributed by atoms with Crippen LogP contribution in [0.3, 0.4) is 0 Å². The Morgan fingerprint density at radius 3 is 2.90 bits per heavy atom. The second-order valence-corrected chi connectivity index (χ2v) is 5.25. The molecule has 3 aromatic rings. The molecule has 2 aromatic heterocycles. The highest BCUT2D eigenvalue weighted by Gasteiger charge is 2.11. The fourth-order valence-electron chi connectivity index (χ4n) is 2.21. The van der Waals surface area contributed by atoms with E-state index in [2.05, 4.69) is 10.3 Å². The molecular weight excluding hydrogens is 286 g/mol. The summed E-state index contributed by atoms with van der Waals surface area (Å²) in [4.78, 5) is 16.3. The van der Waals surface area contributed by atoms with Crippen LogP contribution >= 0.6 is 11.6 Å². The summed E-state index contributed by atoms with van der Waals surface area (Å²) >= 11 is 6.13. The van der Waals surface area contributed by atoms with Crippen molar-refractivity contribution in [3.63, 3.8) is 0 Å². The van der Waals surface area contributed by atoms with Crippen LogP contribution in [-0.2, 0) is 13.6 Å². The van der Waals surface area contributed by atoms with Gasteiger partial charge in [-0.2, -0.15) is 0 Å². The van der Waals surface area contributed by atoms with E-state index in [1.54, 1.807) is 6.07 Å². The molecule has 0 spiro atoms. The number of nitrogens with zero attached hydrogens (tertiary/aromatic N) is 2. The van der Waals surface area contributed by atoms with Crippen LogP contribution in [0.25, 0.3) is 10.8 Å². The van der Waals surface area contributed by atoms with Gasteiger partial charge in [-0.15, -0.1) is 0 Å². The number of carbonyl (C=O) groups excluding carboxylic acids is 1. The van der Waals surface area contributed by atoms with Crippen molar-refractivity contribution in [2.24, 2.45) is 7.05 Å². The lowest BCUT2D eigenvalue weighted by Gasteiger charge is -2.06. The number of amides is 1. The maximum absolute atomic E-state index is 12.2. The third-order valence-corrected chi connectivity index (χ3v) is 3.56. The summed E-state index contributed by atoms with van der Waals surface area (Å²) in [6.45, 7) is 0.464. The molecule has 5 heteroatoms. The summed E-state index contributed by atoms with van der Waals surface area (Å²) in [5.74, 6) is -0.230. The van der Waals surface area contributed by atoms with Gasteiger partial charge >= 0.3 is 0 Å². The number of fused-ring (bicyclic) bond motifs is 1. The van der Waals surface area contributed by atoms with Crippen LogP contribution < -0.4 is 5.32 Å². The number of aryl methyl sites for hydroxylation is 1. The molecule has 0 bridgehead atoms. The number of aromatic nitrogens is 2. The molecule has 0 aliphatic carbocycles. The first-order valence-electron chi connectivity index (χ1n) is 6.58. The lowest BCUT2D eigenvalue weighted by Crippen LogP contribution is -2.23. The van der Waals surface area contributed by atoms with Gasteiger partial charge in [-0.3, -0.25) is 4.79 Å². The molecule has 3 rings (SSSR count). The van der Waals surface area contributed by atoms with Crippen LogP contribution in [0.4, 0.5) is 0 Å². The summed E-state index contributed by atoms with van der Waals surface area (Å²) in [6.07, 6.45) is 3.90. The van der Waals surface area contributed by atoms with Crippen molar-refractivity contribution in [3.8, 4) is 0 Å². The van der Waals surface area contributed by atoms with E-state index in [1.807, 2.05) is 54.3 Å². The number of pyridine rings is 1. The molecule has 0 aliphatic heterocycles. The number of halogens is 1. The third kappa shape index (κ3) is 2.90. The molecule has 1 aromatic carbocycles. The Morgan fingerprint density at radius 1 is 1.33 bits per heavy atom. The largest absolute Gasteiger partial charge is 0.357 e. The number of carbonyl (C=O) groups is 1. The average Bonchev–Trinajstić information content (AvgIpc) is 2.90. The van der Waals surface area contributed by atoms with E-state index in [0.29, 0.717) is 17.4 Å². The Bertz CT molecular complexity index is 810. The fourth-order valence-corrected chi connectivity index (χ4v) is 2.47. The second-order valence-electron chi connectivity index (χ2n) is 4.89. The van der Waals surface area contributed by atoms with Gasteiger partial charge in [0.2, 0.25) is 0 Å². The Kier molecular flexibility index (Phi) is 3.62. The standard InChI is InChI=1S/C16H14ClN3O/c1-20-7-6-11(10-20)9-18-16(21)14-8-12-4-2-3-5-13(12)15(17)19-14/h2-8,10H,9H2,1H3,(H,18,21). The Hall–Kier alpha value is -2.33. The van der Waals surface area contributed by atoms with E-state index in [1.165, 1.54) is 0 Å². The van der Waals surface area contributed by atoms with Gasteiger partial charge in [-0.05, 0) is 23.1 Å². The maximum atomic E-state index is 12.2. The molecule has 1 N–H and O–H groups in total. The van der Waals surface area contributed by atoms with Crippen molar-refractivity contribution in [3.05, 3.63) is 65.2 Å². The molecule has 21 heavy (non-hydrogen) atoms. The number of nitrogens with one attached hydrogen (secondary N) is 1. The summed E-state index contributed by atoms with van der Waals surface area (Å²) < 4.78 is 1.94. The first kappa shape index (κ1) is 13.6.